The SMILES string of the molecule is CC(=O)Nc1ccc(NCC(=O)c2cc(C)n(-c3ccc(F)cc3)c2C)cc1. The first kappa shape index (κ1) is 19.4. The van der Waals surface area contributed by atoms with E-state index in [-0.39, 0.29) is 24.1 Å². The lowest BCUT2D eigenvalue weighted by Gasteiger charge is -2.10. The lowest BCUT2D eigenvalue weighted by atomic mass is 10.1. The van der Waals surface area contributed by atoms with Crippen molar-refractivity contribution in [3.63, 3.8) is 0 Å². The fourth-order valence-electron chi connectivity index (χ4n) is 3.18. The van der Waals surface area contributed by atoms with E-state index in [2.05, 4.69) is 10.6 Å². The van der Waals surface area contributed by atoms with Crippen LogP contribution < -0.4 is 10.6 Å². The molecule has 0 atom stereocenters. The van der Waals surface area contributed by atoms with Crippen molar-refractivity contribution in [1.82, 2.24) is 4.57 Å². The highest BCUT2D eigenvalue weighted by atomic mass is 19.1. The number of hydrogen-bond acceptors (Lipinski definition) is 3. The molecule has 6 heteroatoms. The van der Waals surface area contributed by atoms with Gasteiger partial charge in [-0.05, 0) is 68.4 Å². The molecule has 0 spiro atoms. The third-order valence-electron chi connectivity index (χ3n) is 4.47. The van der Waals surface area contributed by atoms with Gasteiger partial charge in [0.1, 0.15) is 5.82 Å². The average Bonchev–Trinajstić information content (AvgIpc) is 2.96. The van der Waals surface area contributed by atoms with E-state index < -0.39 is 0 Å². The van der Waals surface area contributed by atoms with Crippen LogP contribution in [0.1, 0.15) is 28.7 Å². The van der Waals surface area contributed by atoms with Gasteiger partial charge in [0, 0.05) is 40.9 Å². The van der Waals surface area contributed by atoms with E-state index in [0.29, 0.717) is 11.3 Å². The smallest absolute Gasteiger partial charge is 0.221 e. The molecule has 0 bridgehead atoms. The number of ketones is 1. The van der Waals surface area contributed by atoms with E-state index in [1.165, 1.54) is 19.1 Å². The fourth-order valence-corrected chi connectivity index (χ4v) is 3.18. The summed E-state index contributed by atoms with van der Waals surface area (Å²) in [6.07, 6.45) is 0. The molecule has 3 rings (SSSR count). The molecule has 144 valence electrons. The molecular weight excluding hydrogens is 357 g/mol. The van der Waals surface area contributed by atoms with Crippen LogP contribution in [-0.2, 0) is 4.79 Å². The second-order valence-electron chi connectivity index (χ2n) is 6.63. The van der Waals surface area contributed by atoms with Gasteiger partial charge in [-0.25, -0.2) is 4.39 Å². The fraction of sp³-hybridized carbons (Fsp3) is 0.182. The summed E-state index contributed by atoms with van der Waals surface area (Å²) in [5.41, 5.74) is 4.66. The molecular formula is C22H22FN3O2. The molecule has 3 aromatic rings. The Labute approximate surface area is 163 Å². The molecule has 0 aliphatic heterocycles. The Morgan fingerprint density at radius 2 is 1.57 bits per heavy atom. The summed E-state index contributed by atoms with van der Waals surface area (Å²) in [6, 6.07) is 15.2. The standard InChI is InChI=1S/C22H22FN3O2/c1-14-12-21(15(2)26(14)20-10-4-17(23)5-11-20)22(28)13-24-18-6-8-19(9-7-18)25-16(3)27/h4-12,24H,13H2,1-3H3,(H,25,27). The zero-order valence-corrected chi connectivity index (χ0v) is 16.0. The number of carbonyl (C=O) groups excluding carboxylic acids is 2. The number of halogens is 1. The first-order valence-corrected chi connectivity index (χ1v) is 8.95. The second-order valence-corrected chi connectivity index (χ2v) is 6.63. The summed E-state index contributed by atoms with van der Waals surface area (Å²) in [5.74, 6) is -0.462. The predicted molar refractivity (Wildman–Crippen MR) is 109 cm³/mol. The van der Waals surface area contributed by atoms with Gasteiger partial charge in [-0.15, -0.1) is 0 Å². The summed E-state index contributed by atoms with van der Waals surface area (Å²) in [7, 11) is 0. The third kappa shape index (κ3) is 4.28. The van der Waals surface area contributed by atoms with Crippen molar-refractivity contribution in [3.8, 4) is 5.69 Å². The summed E-state index contributed by atoms with van der Waals surface area (Å²) in [4.78, 5) is 23.8. The highest BCUT2D eigenvalue weighted by molar-refractivity contribution is 6.00. The quantitative estimate of drug-likeness (QED) is 0.621. The van der Waals surface area contributed by atoms with Crippen LogP contribution in [0.4, 0.5) is 15.8 Å². The van der Waals surface area contributed by atoms with Crippen molar-refractivity contribution in [3.05, 3.63) is 77.4 Å². The summed E-state index contributed by atoms with van der Waals surface area (Å²) < 4.78 is 15.1. The Morgan fingerprint density at radius 1 is 0.964 bits per heavy atom. The lowest BCUT2D eigenvalue weighted by molar-refractivity contribution is -0.114. The Kier molecular flexibility index (Phi) is 5.59. The van der Waals surface area contributed by atoms with Crippen LogP contribution in [0.2, 0.25) is 0 Å². The van der Waals surface area contributed by atoms with Gasteiger partial charge in [-0.1, -0.05) is 0 Å². The van der Waals surface area contributed by atoms with E-state index in [1.54, 1.807) is 36.4 Å². The maximum Gasteiger partial charge on any atom is 0.221 e. The first-order valence-electron chi connectivity index (χ1n) is 8.95. The molecule has 5 nitrogen and oxygen atoms in total. The van der Waals surface area contributed by atoms with Gasteiger partial charge in [0.25, 0.3) is 0 Å². The number of rotatable bonds is 6. The van der Waals surface area contributed by atoms with Crippen molar-refractivity contribution in [2.24, 2.45) is 0 Å². The third-order valence-corrected chi connectivity index (χ3v) is 4.47. The highest BCUT2D eigenvalue weighted by Gasteiger charge is 2.16. The molecule has 1 amide bonds. The van der Waals surface area contributed by atoms with Gasteiger partial charge >= 0.3 is 0 Å². The molecule has 0 saturated carbocycles. The first-order chi connectivity index (χ1) is 13.3. The minimum absolute atomic E-state index is 0.0348. The van der Waals surface area contributed by atoms with Crippen LogP contribution in [0.3, 0.4) is 0 Å². The number of hydrogen-bond donors (Lipinski definition) is 2. The van der Waals surface area contributed by atoms with Crippen molar-refractivity contribution in [2.45, 2.75) is 20.8 Å². The normalized spacial score (nSPS) is 10.6. The van der Waals surface area contributed by atoms with Crippen molar-refractivity contribution < 1.29 is 14.0 Å². The molecule has 0 unspecified atom stereocenters. The van der Waals surface area contributed by atoms with Gasteiger partial charge in [0.2, 0.25) is 5.91 Å². The van der Waals surface area contributed by atoms with E-state index >= 15 is 0 Å². The van der Waals surface area contributed by atoms with Gasteiger partial charge in [0.15, 0.2) is 5.78 Å². The van der Waals surface area contributed by atoms with Gasteiger partial charge in [-0.2, -0.15) is 0 Å². The Bertz CT molecular complexity index is 1010. The molecule has 0 radical (unpaired) electrons. The van der Waals surface area contributed by atoms with Crippen LogP contribution >= 0.6 is 0 Å². The molecule has 0 saturated heterocycles. The largest absolute Gasteiger partial charge is 0.378 e. The van der Waals surface area contributed by atoms with Crippen LogP contribution in [0.15, 0.2) is 54.6 Å². The summed E-state index contributed by atoms with van der Waals surface area (Å²) in [5, 5.41) is 5.80. The minimum Gasteiger partial charge on any atom is -0.378 e. The zero-order valence-electron chi connectivity index (χ0n) is 16.0. The van der Waals surface area contributed by atoms with E-state index in [4.69, 9.17) is 0 Å². The summed E-state index contributed by atoms with van der Waals surface area (Å²) >= 11 is 0. The maximum atomic E-state index is 13.2. The maximum absolute atomic E-state index is 13.2. The zero-order chi connectivity index (χ0) is 20.3. The van der Waals surface area contributed by atoms with Crippen LogP contribution in [-0.4, -0.2) is 22.8 Å². The number of nitrogens with zero attached hydrogens (tertiary/aromatic N) is 1. The predicted octanol–water partition coefficient (Wildman–Crippen LogP) is 4.49. The molecule has 28 heavy (non-hydrogen) atoms. The monoisotopic (exact) mass is 379 g/mol. The molecule has 0 fully saturated rings. The molecule has 1 aromatic heterocycles. The molecule has 0 aliphatic rings. The van der Waals surface area contributed by atoms with Gasteiger partial charge in [-0.3, -0.25) is 9.59 Å². The number of benzene rings is 2. The molecule has 0 aliphatic carbocycles. The Morgan fingerprint density at radius 3 is 2.18 bits per heavy atom. The number of Topliss-reactive ketones (excluding diaryl/α,β-unsaturated/α-hetero) is 1. The lowest BCUT2D eigenvalue weighted by Crippen LogP contribution is -2.15. The molecule has 2 N–H and O–H groups in total. The van der Waals surface area contributed by atoms with E-state index in [0.717, 1.165) is 22.8 Å². The summed E-state index contributed by atoms with van der Waals surface area (Å²) in [6.45, 7) is 5.40. The van der Waals surface area contributed by atoms with Crippen molar-refractivity contribution >= 4 is 23.1 Å². The van der Waals surface area contributed by atoms with Crippen molar-refractivity contribution in [1.29, 1.82) is 0 Å². The molecule has 1 heterocycles. The van der Waals surface area contributed by atoms with Crippen LogP contribution in [0, 0.1) is 19.7 Å². The van der Waals surface area contributed by atoms with E-state index in [9.17, 15) is 14.0 Å². The number of carbonyl (C=O) groups is 2. The minimum atomic E-state index is -0.295. The van der Waals surface area contributed by atoms with Gasteiger partial charge in [0.05, 0.1) is 6.54 Å². The number of anilines is 2. The topological polar surface area (TPSA) is 63.1 Å². The van der Waals surface area contributed by atoms with Crippen LogP contribution in [0.5, 0.6) is 0 Å². The highest BCUT2D eigenvalue weighted by Crippen LogP contribution is 2.22. The number of aromatic nitrogens is 1. The Balaban J connectivity index is 1.72. The number of aryl methyl sites for hydroxylation is 1. The van der Waals surface area contributed by atoms with E-state index in [1.807, 2.05) is 24.5 Å². The van der Waals surface area contributed by atoms with Crippen LogP contribution in [0.25, 0.3) is 5.69 Å². The number of nitrogens with one attached hydrogen (secondary N) is 2. The molecule has 2 aromatic carbocycles. The van der Waals surface area contributed by atoms with Crippen molar-refractivity contribution in [2.75, 3.05) is 17.2 Å². The number of amides is 1. The average molecular weight is 379 g/mol. The Hall–Kier alpha value is -3.41. The van der Waals surface area contributed by atoms with Gasteiger partial charge < -0.3 is 15.2 Å². The second kappa shape index (κ2) is 8.08.